The fourth-order valence-corrected chi connectivity index (χ4v) is 1.64. The largest absolute Gasteiger partial charge is 0.488 e. The molecule has 0 unspecified atom stereocenters. The third-order valence-corrected chi connectivity index (χ3v) is 2.61. The maximum atomic E-state index is 8.88. The predicted molar refractivity (Wildman–Crippen MR) is 52.8 cm³/mol. The van der Waals surface area contributed by atoms with Crippen LogP contribution >= 0.6 is 11.8 Å². The van der Waals surface area contributed by atoms with E-state index in [2.05, 4.69) is 0 Å². The molecule has 2 nitrogen and oxygen atoms in total. The fraction of sp³-hybridized carbons (Fsp3) is 0.250. The molecule has 0 radical (unpaired) electrons. The van der Waals surface area contributed by atoms with Crippen molar-refractivity contribution in [3.05, 3.63) is 23.8 Å². The monoisotopic (exact) mass is 182 g/mol. The molecule has 0 fully saturated rings. The van der Waals surface area contributed by atoms with E-state index in [1.807, 2.05) is 19.2 Å². The van der Waals surface area contributed by atoms with E-state index in [0.29, 0.717) is 5.46 Å². The highest BCUT2D eigenvalue weighted by Gasteiger charge is 2.11. The number of rotatable bonds is 2. The van der Waals surface area contributed by atoms with Gasteiger partial charge >= 0.3 is 7.12 Å². The van der Waals surface area contributed by atoms with E-state index in [9.17, 15) is 0 Å². The first kappa shape index (κ1) is 9.64. The molecule has 0 saturated heterocycles. The van der Waals surface area contributed by atoms with E-state index in [0.717, 1.165) is 10.5 Å². The average Bonchev–Trinajstić information content (AvgIpc) is 2.05. The quantitative estimate of drug-likeness (QED) is 0.513. The molecule has 64 valence electrons. The van der Waals surface area contributed by atoms with Gasteiger partial charge in [0.1, 0.15) is 0 Å². The van der Waals surface area contributed by atoms with Crippen molar-refractivity contribution in [2.45, 2.75) is 11.8 Å². The van der Waals surface area contributed by atoms with Crippen LogP contribution in [0.2, 0.25) is 0 Å². The van der Waals surface area contributed by atoms with Crippen molar-refractivity contribution < 1.29 is 10.0 Å². The summed E-state index contributed by atoms with van der Waals surface area (Å²) in [6.07, 6.45) is 1.97. The molecule has 0 amide bonds. The molecule has 0 bridgehead atoms. The van der Waals surface area contributed by atoms with Crippen LogP contribution < -0.4 is 5.46 Å². The Kier molecular flexibility index (Phi) is 3.20. The first-order chi connectivity index (χ1) is 5.65. The maximum absolute atomic E-state index is 8.88. The molecule has 0 atom stereocenters. The summed E-state index contributed by atoms with van der Waals surface area (Å²) < 4.78 is 0. The van der Waals surface area contributed by atoms with Crippen LogP contribution in [0.4, 0.5) is 0 Å². The van der Waals surface area contributed by atoms with Crippen LogP contribution in [-0.2, 0) is 0 Å². The highest BCUT2D eigenvalue weighted by molar-refractivity contribution is 7.98. The van der Waals surface area contributed by atoms with Gasteiger partial charge in [0.05, 0.1) is 0 Å². The Labute approximate surface area is 76.8 Å². The second kappa shape index (κ2) is 3.98. The summed E-state index contributed by atoms with van der Waals surface area (Å²) in [5.74, 6) is 0. The van der Waals surface area contributed by atoms with Gasteiger partial charge in [-0.3, -0.25) is 0 Å². The molecular weight excluding hydrogens is 171 g/mol. The zero-order valence-corrected chi connectivity index (χ0v) is 7.93. The van der Waals surface area contributed by atoms with Gasteiger partial charge in [0.25, 0.3) is 0 Å². The zero-order valence-electron chi connectivity index (χ0n) is 7.11. The van der Waals surface area contributed by atoms with Crippen molar-refractivity contribution >= 4 is 24.3 Å². The van der Waals surface area contributed by atoms with Crippen LogP contribution in [0.5, 0.6) is 0 Å². The third-order valence-electron chi connectivity index (χ3n) is 1.73. The second-order valence-electron chi connectivity index (χ2n) is 2.60. The first-order valence-electron chi connectivity index (χ1n) is 3.66. The smallest absolute Gasteiger partial charge is 0.423 e. The van der Waals surface area contributed by atoms with E-state index in [4.69, 9.17) is 10.0 Å². The average molecular weight is 182 g/mol. The molecule has 0 heterocycles. The van der Waals surface area contributed by atoms with Gasteiger partial charge in [-0.2, -0.15) is 0 Å². The Morgan fingerprint density at radius 3 is 2.50 bits per heavy atom. The van der Waals surface area contributed by atoms with Gasteiger partial charge in [-0.15, -0.1) is 11.8 Å². The molecule has 0 aliphatic rings. The molecule has 1 aromatic carbocycles. The van der Waals surface area contributed by atoms with Crippen molar-refractivity contribution in [1.29, 1.82) is 0 Å². The van der Waals surface area contributed by atoms with Gasteiger partial charge in [0.2, 0.25) is 0 Å². The predicted octanol–water partition coefficient (Wildman–Crippen LogP) is 0.397. The highest BCUT2D eigenvalue weighted by atomic mass is 32.2. The minimum atomic E-state index is -1.36. The molecule has 4 heteroatoms. The summed E-state index contributed by atoms with van der Waals surface area (Å²) in [5.41, 5.74) is 1.71. The summed E-state index contributed by atoms with van der Waals surface area (Å²) in [7, 11) is -1.36. The lowest BCUT2D eigenvalue weighted by molar-refractivity contribution is 0.425. The van der Waals surface area contributed by atoms with Crippen LogP contribution in [-0.4, -0.2) is 23.4 Å². The fourth-order valence-electron chi connectivity index (χ4n) is 0.997. The Hall–Kier alpha value is -0.445. The normalized spacial score (nSPS) is 10.0. The van der Waals surface area contributed by atoms with Crippen LogP contribution in [0.15, 0.2) is 23.1 Å². The van der Waals surface area contributed by atoms with E-state index in [-0.39, 0.29) is 0 Å². The van der Waals surface area contributed by atoms with Gasteiger partial charge in [-0.1, -0.05) is 12.1 Å². The molecule has 0 saturated carbocycles. The van der Waals surface area contributed by atoms with E-state index in [1.54, 1.807) is 23.9 Å². The molecule has 1 aromatic rings. The Morgan fingerprint density at radius 1 is 1.33 bits per heavy atom. The van der Waals surface area contributed by atoms with Crippen molar-refractivity contribution in [3.8, 4) is 0 Å². The molecule has 0 aliphatic carbocycles. The highest BCUT2D eigenvalue weighted by Crippen LogP contribution is 2.17. The summed E-state index contributed by atoms with van der Waals surface area (Å²) in [4.78, 5) is 1.08. The number of aryl methyl sites for hydroxylation is 1. The molecule has 1 rings (SSSR count). The first-order valence-corrected chi connectivity index (χ1v) is 4.88. The van der Waals surface area contributed by atoms with Crippen molar-refractivity contribution in [3.63, 3.8) is 0 Å². The van der Waals surface area contributed by atoms with Crippen LogP contribution in [0.25, 0.3) is 0 Å². The Bertz CT molecular complexity index is 276. The third kappa shape index (κ3) is 2.03. The standard InChI is InChI=1S/C8H11BO2S/c1-6-3-4-7(9(10)11)5-8(6)12-2/h3-5,10-11H,1-2H3. The van der Waals surface area contributed by atoms with Gasteiger partial charge in [0, 0.05) is 4.90 Å². The van der Waals surface area contributed by atoms with Crippen molar-refractivity contribution in [1.82, 2.24) is 0 Å². The number of hydrogen-bond donors (Lipinski definition) is 2. The number of hydrogen-bond acceptors (Lipinski definition) is 3. The summed E-state index contributed by atoms with van der Waals surface area (Å²) in [6.45, 7) is 2.00. The molecule has 0 aromatic heterocycles. The van der Waals surface area contributed by atoms with Crippen LogP contribution in [0.3, 0.4) is 0 Å². The summed E-state index contributed by atoms with van der Waals surface area (Å²) >= 11 is 1.60. The van der Waals surface area contributed by atoms with E-state index in [1.165, 1.54) is 0 Å². The van der Waals surface area contributed by atoms with Crippen LogP contribution in [0, 0.1) is 6.92 Å². The lowest BCUT2D eigenvalue weighted by Gasteiger charge is -2.04. The minimum absolute atomic E-state index is 0.546. The summed E-state index contributed by atoms with van der Waals surface area (Å²) in [6, 6.07) is 5.41. The lowest BCUT2D eigenvalue weighted by Crippen LogP contribution is -2.29. The number of benzene rings is 1. The van der Waals surface area contributed by atoms with Crippen molar-refractivity contribution in [2.75, 3.05) is 6.26 Å². The minimum Gasteiger partial charge on any atom is -0.423 e. The van der Waals surface area contributed by atoms with E-state index >= 15 is 0 Å². The Balaban J connectivity index is 3.05. The number of thioether (sulfide) groups is 1. The molecule has 2 N–H and O–H groups in total. The van der Waals surface area contributed by atoms with Crippen molar-refractivity contribution in [2.24, 2.45) is 0 Å². The zero-order chi connectivity index (χ0) is 9.14. The SMILES string of the molecule is CSc1cc(B(O)O)ccc1C. The molecule has 0 aliphatic heterocycles. The summed E-state index contributed by atoms with van der Waals surface area (Å²) in [5, 5.41) is 17.8. The van der Waals surface area contributed by atoms with Gasteiger partial charge in [-0.25, -0.2) is 0 Å². The lowest BCUT2D eigenvalue weighted by atomic mass is 9.80. The molecular formula is C8H11BO2S. The Morgan fingerprint density at radius 2 is 2.00 bits per heavy atom. The van der Waals surface area contributed by atoms with E-state index < -0.39 is 7.12 Å². The molecule has 0 spiro atoms. The van der Waals surface area contributed by atoms with Gasteiger partial charge < -0.3 is 10.0 Å². The second-order valence-corrected chi connectivity index (χ2v) is 3.45. The topological polar surface area (TPSA) is 40.5 Å². The van der Waals surface area contributed by atoms with Crippen LogP contribution in [0.1, 0.15) is 5.56 Å². The van der Waals surface area contributed by atoms with Gasteiger partial charge in [0.15, 0.2) is 0 Å². The van der Waals surface area contributed by atoms with Gasteiger partial charge in [-0.05, 0) is 30.3 Å². The molecule has 12 heavy (non-hydrogen) atoms. The maximum Gasteiger partial charge on any atom is 0.488 e.